The molecule has 43 heavy (non-hydrogen) atoms. The van der Waals surface area contributed by atoms with E-state index in [1.807, 2.05) is 30.3 Å². The van der Waals surface area contributed by atoms with Gasteiger partial charge in [-0.15, -0.1) is 0 Å². The van der Waals surface area contributed by atoms with E-state index < -0.39 is 6.10 Å². The number of hydrogen-bond donors (Lipinski definition) is 1. The minimum atomic E-state index is -0.519. The summed E-state index contributed by atoms with van der Waals surface area (Å²) in [5.41, 5.74) is 1.72. The minimum Gasteiger partial charge on any atom is -0.461 e. The number of aliphatic hydroxyl groups is 1. The van der Waals surface area contributed by atoms with Gasteiger partial charge in [0.05, 0.1) is 31.3 Å². The molecule has 1 aliphatic heterocycles. The second-order valence-electron chi connectivity index (χ2n) is 16.5. The Labute approximate surface area is 260 Å². The number of carbonyl (C=O) groups is 1. The zero-order chi connectivity index (χ0) is 31.0. The molecular weight excluding hydrogens is 536 g/mol. The van der Waals surface area contributed by atoms with Crippen molar-refractivity contribution in [3.63, 3.8) is 0 Å². The van der Waals surface area contributed by atoms with Gasteiger partial charge < -0.3 is 19.3 Å². The van der Waals surface area contributed by atoms with E-state index in [0.717, 1.165) is 44.1 Å². The fourth-order valence-corrected chi connectivity index (χ4v) is 11.6. The summed E-state index contributed by atoms with van der Waals surface area (Å²) in [6, 6.07) is 10.1. The maximum Gasteiger partial charge on any atom is 0.310 e. The lowest BCUT2D eigenvalue weighted by atomic mass is 9.34. The second kappa shape index (κ2) is 10.7. The molecule has 6 rings (SSSR count). The maximum absolute atomic E-state index is 14.5. The smallest absolute Gasteiger partial charge is 0.310 e. The summed E-state index contributed by atoms with van der Waals surface area (Å²) < 4.78 is 18.6. The topological polar surface area (TPSA) is 65.0 Å². The van der Waals surface area contributed by atoms with Crippen LogP contribution in [0.4, 0.5) is 0 Å². The molecule has 4 aliphatic carbocycles. The number of benzene rings is 1. The van der Waals surface area contributed by atoms with Crippen LogP contribution in [0.15, 0.2) is 42.0 Å². The van der Waals surface area contributed by atoms with Gasteiger partial charge in [-0.2, -0.15) is 0 Å². The number of carbonyl (C=O) groups excluding carboxylic acids is 1. The minimum absolute atomic E-state index is 0.0233. The van der Waals surface area contributed by atoms with Crippen molar-refractivity contribution >= 4 is 5.97 Å². The van der Waals surface area contributed by atoms with Crippen LogP contribution in [0, 0.1) is 56.7 Å². The highest BCUT2D eigenvalue weighted by atomic mass is 16.5. The molecule has 1 saturated heterocycles. The van der Waals surface area contributed by atoms with E-state index in [2.05, 4.69) is 54.5 Å². The molecule has 1 aromatic rings. The number of esters is 1. The number of ether oxygens (including phenoxy) is 3. The van der Waals surface area contributed by atoms with Gasteiger partial charge in [0.1, 0.15) is 6.61 Å². The fourth-order valence-electron chi connectivity index (χ4n) is 11.6. The Morgan fingerprint density at radius 1 is 1.02 bits per heavy atom. The molecule has 238 valence electrons. The predicted octanol–water partition coefficient (Wildman–Crippen LogP) is 7.61. The second-order valence-corrected chi connectivity index (χ2v) is 16.5. The van der Waals surface area contributed by atoms with Crippen LogP contribution < -0.4 is 0 Å². The molecule has 3 saturated carbocycles. The summed E-state index contributed by atoms with van der Waals surface area (Å²) in [6.45, 7) is 18.1. The van der Waals surface area contributed by atoms with Crippen LogP contribution in [0.25, 0.3) is 0 Å². The summed E-state index contributed by atoms with van der Waals surface area (Å²) in [5.74, 6) is 1.41. The lowest BCUT2D eigenvalue weighted by molar-refractivity contribution is -0.257. The maximum atomic E-state index is 14.5. The largest absolute Gasteiger partial charge is 0.461 e. The first kappa shape index (κ1) is 31.3. The Balaban J connectivity index is 1.42. The third kappa shape index (κ3) is 4.30. The van der Waals surface area contributed by atoms with Crippen molar-refractivity contribution in [1.29, 1.82) is 0 Å². The predicted molar refractivity (Wildman–Crippen MR) is 169 cm³/mol. The molecule has 1 unspecified atom stereocenters. The van der Waals surface area contributed by atoms with E-state index in [1.54, 1.807) is 12.7 Å². The Bertz CT molecular complexity index is 1240. The first-order valence-corrected chi connectivity index (χ1v) is 17.0. The van der Waals surface area contributed by atoms with Crippen LogP contribution in [0.2, 0.25) is 0 Å². The van der Waals surface area contributed by atoms with Crippen molar-refractivity contribution in [1.82, 2.24) is 0 Å². The van der Waals surface area contributed by atoms with Crippen LogP contribution in [0.1, 0.15) is 92.6 Å². The van der Waals surface area contributed by atoms with Gasteiger partial charge in [0, 0.05) is 17.9 Å². The lowest BCUT2D eigenvalue weighted by Gasteiger charge is -2.71. The molecule has 1 N–H and O–H groups in total. The summed E-state index contributed by atoms with van der Waals surface area (Å²) in [4.78, 5) is 14.5. The highest BCUT2D eigenvalue weighted by Gasteiger charge is 2.71. The number of hydrogen-bond acceptors (Lipinski definition) is 5. The van der Waals surface area contributed by atoms with Crippen LogP contribution in [-0.4, -0.2) is 43.6 Å². The van der Waals surface area contributed by atoms with Gasteiger partial charge in [0.2, 0.25) is 0 Å². The Morgan fingerprint density at radius 3 is 2.42 bits per heavy atom. The molecule has 5 nitrogen and oxygen atoms in total. The van der Waals surface area contributed by atoms with Crippen molar-refractivity contribution in [2.45, 2.75) is 106 Å². The third-order valence-electron chi connectivity index (χ3n) is 14.6. The number of rotatable bonds is 6. The monoisotopic (exact) mass is 592 g/mol. The molecule has 1 aromatic carbocycles. The summed E-state index contributed by atoms with van der Waals surface area (Å²) in [5, 5.41) is 11.5. The van der Waals surface area contributed by atoms with Crippen molar-refractivity contribution in [3.8, 4) is 0 Å². The van der Waals surface area contributed by atoms with Gasteiger partial charge in [-0.1, -0.05) is 90.4 Å². The van der Waals surface area contributed by atoms with Crippen molar-refractivity contribution in [2.75, 3.05) is 20.3 Å². The Morgan fingerprint density at radius 2 is 1.74 bits per heavy atom. The molecule has 11 atom stereocenters. The zero-order valence-electron chi connectivity index (χ0n) is 27.9. The van der Waals surface area contributed by atoms with Gasteiger partial charge >= 0.3 is 5.97 Å². The summed E-state index contributed by atoms with van der Waals surface area (Å²) in [7, 11) is 1.75. The summed E-state index contributed by atoms with van der Waals surface area (Å²) in [6.07, 6.45) is 7.84. The average molecular weight is 593 g/mol. The van der Waals surface area contributed by atoms with Crippen molar-refractivity contribution < 1.29 is 24.1 Å². The molecule has 5 aliphatic rings. The summed E-state index contributed by atoms with van der Waals surface area (Å²) >= 11 is 0. The molecule has 5 heteroatoms. The molecule has 4 fully saturated rings. The van der Waals surface area contributed by atoms with Gasteiger partial charge in [0.15, 0.2) is 0 Å². The zero-order valence-corrected chi connectivity index (χ0v) is 27.9. The molecule has 0 spiro atoms. The molecular formula is C38H56O5. The lowest BCUT2D eigenvalue weighted by Crippen LogP contribution is -2.69. The van der Waals surface area contributed by atoms with Crippen LogP contribution in [-0.2, 0) is 25.6 Å². The van der Waals surface area contributed by atoms with Crippen LogP contribution in [0.5, 0.6) is 0 Å². The molecule has 0 aromatic heterocycles. The Hall–Kier alpha value is -1.69. The van der Waals surface area contributed by atoms with Gasteiger partial charge in [-0.3, -0.25) is 4.79 Å². The molecule has 2 bridgehead atoms. The van der Waals surface area contributed by atoms with Gasteiger partial charge in [-0.05, 0) is 84.0 Å². The fraction of sp³-hybridized carbons (Fsp3) is 0.763. The van der Waals surface area contributed by atoms with Gasteiger partial charge in [0.25, 0.3) is 0 Å². The quantitative estimate of drug-likeness (QED) is 0.272. The normalized spacial score (nSPS) is 46.2. The van der Waals surface area contributed by atoms with E-state index in [0.29, 0.717) is 43.5 Å². The number of fused-ring (bicyclic) bond motifs is 3. The van der Waals surface area contributed by atoms with E-state index in [9.17, 15) is 9.90 Å². The molecule has 0 radical (unpaired) electrons. The molecule has 1 heterocycles. The standard InChI is InChI=1S/C38H56O5/c1-24(2)25(3)34(4)18-19-36(6)27-14-15-30-35(5)22-42-23-38(30,20-29(41-8)32(35)39)28(27)16-17-37(36,7)31(34)33(40)43-21-26-12-10-9-11-13-26/h9-13,16,24-25,27,29-32,39H,14-15,17-23H2,1-8H3/t25-,27+,29-,30+,31-,32+,34-,35?,36-,37+,38+/m1/s1. The van der Waals surface area contributed by atoms with E-state index in [1.165, 1.54) is 0 Å². The van der Waals surface area contributed by atoms with Crippen molar-refractivity contribution in [3.05, 3.63) is 47.5 Å². The first-order valence-electron chi connectivity index (χ1n) is 17.0. The van der Waals surface area contributed by atoms with E-state index in [-0.39, 0.29) is 45.1 Å². The highest BCUT2D eigenvalue weighted by molar-refractivity contribution is 5.75. The number of aliphatic hydroxyl groups excluding tert-OH is 1. The number of allylic oxidation sites excluding steroid dienone is 1. The number of methoxy groups -OCH3 is 1. The van der Waals surface area contributed by atoms with Gasteiger partial charge in [-0.25, -0.2) is 0 Å². The third-order valence-corrected chi connectivity index (χ3v) is 14.6. The van der Waals surface area contributed by atoms with E-state index in [4.69, 9.17) is 14.2 Å². The SMILES string of the molecule is CO[C@@H]1C[C@@]23COCC(C)([C@H]1O)[C@@H]2CC[C@H]1C3=CC[C@@]2(C)[C@H](C(=O)OCc3ccccc3)[C@@](C)([C@H](C)C(C)C)CC[C@]12C. The highest BCUT2D eigenvalue weighted by Crippen LogP contribution is 2.75. The van der Waals surface area contributed by atoms with Crippen LogP contribution >= 0.6 is 0 Å². The Kier molecular flexibility index (Phi) is 7.79. The van der Waals surface area contributed by atoms with Crippen molar-refractivity contribution in [2.24, 2.45) is 56.7 Å². The van der Waals surface area contributed by atoms with Crippen LogP contribution in [0.3, 0.4) is 0 Å². The first-order chi connectivity index (χ1) is 20.3. The molecule has 0 amide bonds. The average Bonchev–Trinajstić information content (AvgIpc) is 2.98. The van der Waals surface area contributed by atoms with E-state index >= 15 is 0 Å².